The Hall–Kier alpha value is -6.24. The van der Waals surface area contributed by atoms with Crippen molar-refractivity contribution in [2.24, 2.45) is 11.8 Å². The molecule has 4 aromatic carbocycles. The number of rotatable bonds is 44. The van der Waals surface area contributed by atoms with Crippen molar-refractivity contribution in [1.29, 1.82) is 0 Å². The lowest BCUT2D eigenvalue weighted by Gasteiger charge is -2.16. The molecule has 2 aliphatic carbocycles. The minimum Gasteiger partial charge on any atom is -0.494 e. The summed E-state index contributed by atoms with van der Waals surface area (Å²) in [6.07, 6.45) is 37.7. The topological polar surface area (TPSA) is 97.7 Å². The van der Waals surface area contributed by atoms with Crippen molar-refractivity contribution >= 4 is 0 Å². The standard InChI is InChI=1S/C72H94F4N4O5/c1-3-5-7-9-17-23-45-81-59-39-33-55(34-40-59)71-77-51-65(61(79-71)49-57-37-43-63(69(75)67(57)73)83-47-25-19-13-11-15-21-27-53-29-30-53)85-66-52-78-72(56-35-41-60(42-36-56)82-46-24-18-10-8-6-4-2)80-62(66)50-58-38-44-64(70(76)68(58)74)84-48-26-20-14-12-16-22-28-54-31-32-54/h33-44,51-54H,3-32,45-50H2,1-2H3. The Morgan fingerprint density at radius 1 is 0.365 bits per heavy atom. The second kappa shape index (κ2) is 36.0. The first kappa shape index (κ1) is 64.8. The highest BCUT2D eigenvalue weighted by Crippen LogP contribution is 2.37. The number of aromatic nitrogens is 4. The van der Waals surface area contributed by atoms with Crippen LogP contribution in [0.4, 0.5) is 17.6 Å². The fraction of sp³-hybridized carbons (Fsp3) is 0.556. The van der Waals surface area contributed by atoms with Gasteiger partial charge in [0.1, 0.15) is 11.5 Å². The predicted octanol–water partition coefficient (Wildman–Crippen LogP) is 20.6. The highest BCUT2D eigenvalue weighted by atomic mass is 19.2. The molecule has 0 N–H and O–H groups in total. The van der Waals surface area contributed by atoms with Gasteiger partial charge in [0.05, 0.1) is 50.2 Å². The SMILES string of the molecule is CCCCCCCCOc1ccc(-c2ncc(Oc3cnc(-c4ccc(OCCCCCCCC)cc4)nc3Cc3ccc(OCCCCCCCCC4CC4)c(F)c3F)c(Cc3ccc(OCCCCCCCCC4CC4)c(F)c3F)n2)cc1. The van der Waals surface area contributed by atoms with E-state index in [2.05, 4.69) is 13.8 Å². The maximum absolute atomic E-state index is 16.3. The summed E-state index contributed by atoms with van der Waals surface area (Å²) in [5, 5.41) is 0. The van der Waals surface area contributed by atoms with Gasteiger partial charge in [-0.05, 0) is 109 Å². The lowest BCUT2D eigenvalue weighted by Crippen LogP contribution is -2.08. The van der Waals surface area contributed by atoms with Crippen molar-refractivity contribution in [2.45, 2.75) is 219 Å². The Morgan fingerprint density at radius 2 is 0.706 bits per heavy atom. The Bertz CT molecular complexity index is 2700. The van der Waals surface area contributed by atoms with Gasteiger partial charge in [-0.15, -0.1) is 0 Å². The van der Waals surface area contributed by atoms with Crippen LogP contribution in [-0.2, 0) is 12.8 Å². The summed E-state index contributed by atoms with van der Waals surface area (Å²) in [4.78, 5) is 19.3. The molecule has 0 saturated heterocycles. The second-order valence-electron chi connectivity index (χ2n) is 23.9. The summed E-state index contributed by atoms with van der Waals surface area (Å²) in [6.45, 7) is 6.21. The van der Waals surface area contributed by atoms with Gasteiger partial charge in [0.2, 0.25) is 11.6 Å². The summed E-state index contributed by atoms with van der Waals surface area (Å²) < 4.78 is 94.7. The first-order chi connectivity index (χ1) is 41.8. The molecule has 0 radical (unpaired) electrons. The van der Waals surface area contributed by atoms with Gasteiger partial charge in [-0.3, -0.25) is 0 Å². The first-order valence-corrected chi connectivity index (χ1v) is 32.8. The molecule has 9 nitrogen and oxygen atoms in total. The number of unbranched alkanes of at least 4 members (excludes halogenated alkanes) is 20. The fourth-order valence-corrected chi connectivity index (χ4v) is 10.8. The van der Waals surface area contributed by atoms with Crippen LogP contribution in [-0.4, -0.2) is 46.4 Å². The van der Waals surface area contributed by atoms with E-state index in [4.69, 9.17) is 43.6 Å². The third-order valence-electron chi connectivity index (χ3n) is 16.5. The van der Waals surface area contributed by atoms with Gasteiger partial charge in [-0.1, -0.05) is 193 Å². The summed E-state index contributed by atoms with van der Waals surface area (Å²) in [5.74, 6) is -0.379. The molecule has 2 heterocycles. The van der Waals surface area contributed by atoms with E-state index in [0.717, 1.165) is 76.0 Å². The van der Waals surface area contributed by atoms with Crippen LogP contribution >= 0.6 is 0 Å². The lowest BCUT2D eigenvalue weighted by molar-refractivity contribution is 0.284. The van der Waals surface area contributed by atoms with Gasteiger partial charge in [0.25, 0.3) is 0 Å². The smallest absolute Gasteiger partial charge is 0.200 e. The molecule has 2 saturated carbocycles. The number of ether oxygens (including phenoxy) is 5. The summed E-state index contributed by atoms with van der Waals surface area (Å²) in [6, 6.07) is 20.8. The molecule has 2 fully saturated rings. The quantitative estimate of drug-likeness (QED) is 0.0274. The molecule has 0 aliphatic heterocycles. The van der Waals surface area contributed by atoms with Crippen molar-refractivity contribution in [3.63, 3.8) is 0 Å². The van der Waals surface area contributed by atoms with Crippen LogP contribution in [0.25, 0.3) is 22.8 Å². The third kappa shape index (κ3) is 22.2. The summed E-state index contributed by atoms with van der Waals surface area (Å²) in [5.41, 5.74) is 1.84. The number of hydrogen-bond donors (Lipinski definition) is 0. The Morgan fingerprint density at radius 3 is 1.07 bits per heavy atom. The zero-order valence-electron chi connectivity index (χ0n) is 51.0. The van der Waals surface area contributed by atoms with Gasteiger partial charge in [0, 0.05) is 24.0 Å². The molecule has 0 atom stereocenters. The van der Waals surface area contributed by atoms with E-state index in [1.54, 1.807) is 0 Å². The minimum absolute atomic E-state index is 0.0224. The molecule has 8 rings (SSSR count). The first-order valence-electron chi connectivity index (χ1n) is 32.8. The predicted molar refractivity (Wildman–Crippen MR) is 332 cm³/mol. The third-order valence-corrected chi connectivity index (χ3v) is 16.5. The Balaban J connectivity index is 1.01. The molecule has 460 valence electrons. The van der Waals surface area contributed by atoms with E-state index < -0.39 is 23.3 Å². The molecule has 85 heavy (non-hydrogen) atoms. The number of nitrogens with zero attached hydrogens (tertiary/aromatic N) is 4. The van der Waals surface area contributed by atoms with E-state index in [1.165, 1.54) is 165 Å². The van der Waals surface area contributed by atoms with Crippen molar-refractivity contribution in [2.75, 3.05) is 26.4 Å². The molecule has 0 amide bonds. The van der Waals surface area contributed by atoms with E-state index >= 15 is 17.6 Å². The monoisotopic (exact) mass is 1170 g/mol. The zero-order chi connectivity index (χ0) is 59.3. The fourth-order valence-electron chi connectivity index (χ4n) is 10.8. The van der Waals surface area contributed by atoms with E-state index in [-0.39, 0.29) is 71.6 Å². The van der Waals surface area contributed by atoms with Gasteiger partial charge in [-0.25, -0.2) is 28.7 Å². The van der Waals surface area contributed by atoms with Crippen molar-refractivity contribution in [3.05, 3.63) is 131 Å². The molecule has 2 aromatic heterocycles. The molecular weight excluding hydrogens is 1080 g/mol. The van der Waals surface area contributed by atoms with E-state index in [0.29, 0.717) is 47.5 Å². The van der Waals surface area contributed by atoms with Gasteiger partial charge < -0.3 is 23.7 Å². The maximum Gasteiger partial charge on any atom is 0.200 e. The van der Waals surface area contributed by atoms with Crippen LogP contribution in [0.1, 0.15) is 229 Å². The van der Waals surface area contributed by atoms with Crippen molar-refractivity contribution < 1.29 is 41.2 Å². The van der Waals surface area contributed by atoms with Gasteiger partial charge >= 0.3 is 0 Å². The van der Waals surface area contributed by atoms with Crippen molar-refractivity contribution in [1.82, 2.24) is 19.9 Å². The molecule has 13 heteroatoms. The van der Waals surface area contributed by atoms with Gasteiger partial charge in [0.15, 0.2) is 46.3 Å². The molecule has 0 spiro atoms. The van der Waals surface area contributed by atoms with Crippen LogP contribution in [0.15, 0.2) is 85.2 Å². The summed E-state index contributed by atoms with van der Waals surface area (Å²) >= 11 is 0. The van der Waals surface area contributed by atoms with E-state index in [1.807, 2.05) is 48.5 Å². The molecule has 0 unspecified atom stereocenters. The van der Waals surface area contributed by atoms with Crippen LogP contribution in [0, 0.1) is 35.1 Å². The Kier molecular flexibility index (Phi) is 27.5. The number of halogens is 4. The largest absolute Gasteiger partial charge is 0.494 e. The number of benzene rings is 4. The van der Waals surface area contributed by atoms with Crippen LogP contribution in [0.3, 0.4) is 0 Å². The lowest BCUT2D eigenvalue weighted by atomic mass is 10.1. The number of hydrogen-bond acceptors (Lipinski definition) is 9. The minimum atomic E-state index is -1.08. The molecular formula is C72H94F4N4O5. The average Bonchev–Trinajstić information content (AvgIpc) is 4.56. The van der Waals surface area contributed by atoms with E-state index in [9.17, 15) is 0 Å². The zero-order valence-corrected chi connectivity index (χ0v) is 51.0. The normalized spacial score (nSPS) is 13.1. The van der Waals surface area contributed by atoms with Crippen molar-refractivity contribution in [3.8, 4) is 57.3 Å². The molecule has 2 aliphatic rings. The van der Waals surface area contributed by atoms with Crippen LogP contribution in [0.5, 0.6) is 34.5 Å². The average molecular weight is 1170 g/mol. The molecule has 0 bridgehead atoms. The highest BCUT2D eigenvalue weighted by molar-refractivity contribution is 5.59. The second-order valence-corrected chi connectivity index (χ2v) is 23.9. The molecule has 6 aromatic rings. The summed E-state index contributed by atoms with van der Waals surface area (Å²) in [7, 11) is 0. The Labute approximate surface area is 504 Å². The van der Waals surface area contributed by atoms with Crippen LogP contribution in [0.2, 0.25) is 0 Å². The van der Waals surface area contributed by atoms with Crippen LogP contribution < -0.4 is 23.7 Å². The highest BCUT2D eigenvalue weighted by Gasteiger charge is 2.24. The maximum atomic E-state index is 16.3. The van der Waals surface area contributed by atoms with Gasteiger partial charge in [-0.2, -0.15) is 8.78 Å².